The van der Waals surface area contributed by atoms with Gasteiger partial charge in [0.15, 0.2) is 0 Å². The minimum atomic E-state index is -3.39. The molecule has 1 heterocycles. The number of benzene rings is 1. The van der Waals surface area contributed by atoms with Crippen LogP contribution < -0.4 is 10.0 Å². The highest BCUT2D eigenvalue weighted by atomic mass is 32.2. The minimum absolute atomic E-state index is 0.368. The Morgan fingerprint density at radius 3 is 2.63 bits per heavy atom. The lowest BCUT2D eigenvalue weighted by Crippen LogP contribution is -2.34. The molecule has 0 radical (unpaired) electrons. The fourth-order valence-corrected chi connectivity index (χ4v) is 2.82. The van der Waals surface area contributed by atoms with Crippen LogP contribution in [-0.2, 0) is 16.4 Å². The molecule has 0 saturated carbocycles. The van der Waals surface area contributed by atoms with Crippen LogP contribution in [0.2, 0.25) is 0 Å². The molecule has 19 heavy (non-hydrogen) atoms. The van der Waals surface area contributed by atoms with Crippen molar-refractivity contribution in [2.24, 2.45) is 0 Å². The third-order valence-corrected chi connectivity index (χ3v) is 5.54. The average Bonchev–Trinajstić information content (AvgIpc) is 2.28. The Morgan fingerprint density at radius 2 is 2.00 bits per heavy atom. The van der Waals surface area contributed by atoms with Gasteiger partial charge in [0.05, 0.1) is 16.1 Å². The van der Waals surface area contributed by atoms with Gasteiger partial charge in [-0.05, 0) is 52.2 Å². The molecular formula is C14H22N2O2S. The summed E-state index contributed by atoms with van der Waals surface area (Å²) in [6, 6.07) is 6.13. The minimum Gasteiger partial charge on any atom is -0.381 e. The van der Waals surface area contributed by atoms with Gasteiger partial charge in [-0.15, -0.1) is 0 Å². The summed E-state index contributed by atoms with van der Waals surface area (Å²) in [5.41, 5.74) is 2.75. The highest BCUT2D eigenvalue weighted by molar-refractivity contribution is 7.94. The molecule has 0 aliphatic carbocycles. The molecule has 0 bridgehead atoms. The van der Waals surface area contributed by atoms with E-state index in [0.29, 0.717) is 11.7 Å². The van der Waals surface area contributed by atoms with Gasteiger partial charge in [-0.25, -0.2) is 8.42 Å². The third-order valence-electron chi connectivity index (χ3n) is 3.44. The maximum Gasteiger partial charge on any atom is 0.237 e. The van der Waals surface area contributed by atoms with Gasteiger partial charge < -0.3 is 5.32 Å². The molecule has 1 aliphatic rings. The van der Waals surface area contributed by atoms with Gasteiger partial charge in [-0.1, -0.05) is 12.1 Å². The normalized spacial score (nSPS) is 19.5. The summed E-state index contributed by atoms with van der Waals surface area (Å²) >= 11 is 0. The predicted octanol–water partition coefficient (Wildman–Crippen LogP) is 2.97. The van der Waals surface area contributed by atoms with E-state index in [9.17, 15) is 8.42 Å². The molecule has 4 nitrogen and oxygen atoms in total. The number of anilines is 2. The first-order valence-corrected chi connectivity index (χ1v) is 8.10. The Kier molecular flexibility index (Phi) is 3.51. The second-order valence-corrected chi connectivity index (χ2v) is 8.58. The monoisotopic (exact) mass is 282 g/mol. The number of hydrogen-bond acceptors (Lipinski definition) is 3. The highest BCUT2D eigenvalue weighted by Crippen LogP contribution is 2.33. The van der Waals surface area contributed by atoms with E-state index in [-0.39, 0.29) is 0 Å². The smallest absolute Gasteiger partial charge is 0.237 e. The molecule has 1 atom stereocenters. The van der Waals surface area contributed by atoms with Crippen molar-refractivity contribution in [3.05, 3.63) is 23.8 Å². The molecule has 0 saturated heterocycles. The number of nitrogens with one attached hydrogen (secondary N) is 2. The first kappa shape index (κ1) is 14.2. The van der Waals surface area contributed by atoms with E-state index in [0.717, 1.165) is 18.5 Å². The largest absolute Gasteiger partial charge is 0.381 e. The first-order valence-electron chi connectivity index (χ1n) is 6.61. The number of aryl methyl sites for hydroxylation is 1. The summed E-state index contributed by atoms with van der Waals surface area (Å²) in [4.78, 5) is 0. The van der Waals surface area contributed by atoms with E-state index in [2.05, 4.69) is 17.0 Å². The summed E-state index contributed by atoms with van der Waals surface area (Å²) in [7, 11) is -3.39. The molecule has 1 aliphatic heterocycles. The maximum absolute atomic E-state index is 12.2. The second kappa shape index (κ2) is 4.71. The Morgan fingerprint density at radius 1 is 1.32 bits per heavy atom. The van der Waals surface area contributed by atoms with E-state index in [1.165, 1.54) is 5.56 Å². The maximum atomic E-state index is 12.2. The Labute approximate surface area is 115 Å². The Bertz CT molecular complexity index is 574. The van der Waals surface area contributed by atoms with E-state index in [1.807, 2.05) is 18.2 Å². The van der Waals surface area contributed by atoms with Crippen molar-refractivity contribution in [3.63, 3.8) is 0 Å². The van der Waals surface area contributed by atoms with Crippen molar-refractivity contribution >= 4 is 21.4 Å². The lowest BCUT2D eigenvalue weighted by Gasteiger charge is -2.28. The summed E-state index contributed by atoms with van der Waals surface area (Å²) in [5, 5.41) is 3.38. The molecule has 0 amide bonds. The van der Waals surface area contributed by atoms with Gasteiger partial charge in [-0.2, -0.15) is 0 Å². The molecule has 0 aromatic heterocycles. The first-order chi connectivity index (χ1) is 8.71. The second-order valence-electron chi connectivity index (χ2n) is 6.14. The van der Waals surface area contributed by atoms with Crippen LogP contribution in [0.4, 0.5) is 11.4 Å². The summed E-state index contributed by atoms with van der Waals surface area (Å²) in [6.07, 6.45) is 2.05. The van der Waals surface area contributed by atoms with Crippen LogP contribution in [0.1, 0.15) is 39.7 Å². The fraction of sp³-hybridized carbons (Fsp3) is 0.571. The number of para-hydroxylation sites is 1. The molecule has 0 fully saturated rings. The van der Waals surface area contributed by atoms with E-state index >= 15 is 0 Å². The van der Waals surface area contributed by atoms with Crippen LogP contribution in [0.3, 0.4) is 0 Å². The van der Waals surface area contributed by atoms with Crippen LogP contribution in [-0.4, -0.2) is 19.2 Å². The SMILES string of the molecule is CC1CCc2cccc(NS(=O)(=O)C(C)(C)C)c2N1. The number of fused-ring (bicyclic) bond motifs is 1. The van der Waals surface area contributed by atoms with Crippen LogP contribution in [0.15, 0.2) is 18.2 Å². The Hall–Kier alpha value is -1.23. The van der Waals surface area contributed by atoms with Crippen LogP contribution >= 0.6 is 0 Å². The van der Waals surface area contributed by atoms with Crippen molar-refractivity contribution in [3.8, 4) is 0 Å². The van der Waals surface area contributed by atoms with Crippen molar-refractivity contribution in [2.45, 2.75) is 51.3 Å². The quantitative estimate of drug-likeness (QED) is 0.876. The lowest BCUT2D eigenvalue weighted by molar-refractivity contribution is 0.566. The zero-order chi connectivity index (χ0) is 14.3. The standard InChI is InChI=1S/C14H22N2O2S/c1-10-8-9-11-6-5-7-12(13(11)15-10)16-19(17,18)14(2,3)4/h5-7,10,15-16H,8-9H2,1-4H3. The van der Waals surface area contributed by atoms with Gasteiger partial charge in [0.25, 0.3) is 0 Å². The molecule has 1 unspecified atom stereocenters. The van der Waals surface area contributed by atoms with E-state index in [4.69, 9.17) is 0 Å². The molecule has 5 heteroatoms. The number of hydrogen-bond donors (Lipinski definition) is 2. The van der Waals surface area contributed by atoms with Crippen LogP contribution in [0.5, 0.6) is 0 Å². The van der Waals surface area contributed by atoms with Crippen molar-refractivity contribution in [2.75, 3.05) is 10.0 Å². The van der Waals surface area contributed by atoms with Gasteiger partial charge in [-0.3, -0.25) is 4.72 Å². The fourth-order valence-electron chi connectivity index (χ4n) is 2.05. The predicted molar refractivity (Wildman–Crippen MR) is 80.1 cm³/mol. The zero-order valence-corrected chi connectivity index (χ0v) is 12.8. The van der Waals surface area contributed by atoms with Gasteiger partial charge >= 0.3 is 0 Å². The van der Waals surface area contributed by atoms with Crippen LogP contribution in [0.25, 0.3) is 0 Å². The molecule has 2 N–H and O–H groups in total. The van der Waals surface area contributed by atoms with Gasteiger partial charge in [0.2, 0.25) is 10.0 Å². The highest BCUT2D eigenvalue weighted by Gasteiger charge is 2.30. The van der Waals surface area contributed by atoms with E-state index in [1.54, 1.807) is 20.8 Å². The topological polar surface area (TPSA) is 58.2 Å². The van der Waals surface area contributed by atoms with Crippen molar-refractivity contribution in [1.29, 1.82) is 0 Å². The molecule has 1 aromatic carbocycles. The van der Waals surface area contributed by atoms with Crippen LogP contribution in [0, 0.1) is 0 Å². The third kappa shape index (κ3) is 2.86. The van der Waals surface area contributed by atoms with Crippen molar-refractivity contribution < 1.29 is 8.42 Å². The molecule has 0 spiro atoms. The lowest BCUT2D eigenvalue weighted by atomic mass is 9.98. The molecular weight excluding hydrogens is 260 g/mol. The molecule has 106 valence electrons. The van der Waals surface area contributed by atoms with Gasteiger partial charge in [0.1, 0.15) is 0 Å². The van der Waals surface area contributed by atoms with Crippen molar-refractivity contribution in [1.82, 2.24) is 0 Å². The summed E-state index contributed by atoms with van der Waals surface area (Å²) in [6.45, 7) is 7.19. The van der Waals surface area contributed by atoms with E-state index < -0.39 is 14.8 Å². The summed E-state index contributed by atoms with van der Waals surface area (Å²) in [5.74, 6) is 0. The number of sulfonamides is 1. The molecule has 2 rings (SSSR count). The Balaban J connectivity index is 2.38. The summed E-state index contributed by atoms with van der Waals surface area (Å²) < 4.78 is 26.4. The zero-order valence-electron chi connectivity index (χ0n) is 11.9. The molecule has 1 aromatic rings. The average molecular weight is 282 g/mol. The van der Waals surface area contributed by atoms with Gasteiger partial charge in [0, 0.05) is 6.04 Å². The number of rotatable bonds is 2.